The van der Waals surface area contributed by atoms with Crippen LogP contribution in [0.25, 0.3) is 11.3 Å². The van der Waals surface area contributed by atoms with Crippen LogP contribution in [-0.4, -0.2) is 23.9 Å². The number of nitrogens with zero attached hydrogens (tertiary/aromatic N) is 1. The summed E-state index contributed by atoms with van der Waals surface area (Å²) >= 11 is 1.37. The number of benzene rings is 2. The summed E-state index contributed by atoms with van der Waals surface area (Å²) in [6.45, 7) is 0. The molecule has 168 valence electrons. The summed E-state index contributed by atoms with van der Waals surface area (Å²) in [4.78, 5) is 28.6. The molecule has 0 aliphatic carbocycles. The molecule has 2 aromatic carbocycles. The van der Waals surface area contributed by atoms with Gasteiger partial charge in [0.1, 0.15) is 11.6 Å². The van der Waals surface area contributed by atoms with Crippen molar-refractivity contribution >= 4 is 39.7 Å². The monoisotopic (exact) mass is 456 g/mol. The van der Waals surface area contributed by atoms with Gasteiger partial charge in [0.15, 0.2) is 5.13 Å². The van der Waals surface area contributed by atoms with Crippen molar-refractivity contribution in [2.24, 2.45) is 0 Å². The van der Waals surface area contributed by atoms with E-state index in [1.165, 1.54) is 29.5 Å². The lowest BCUT2D eigenvalue weighted by Crippen LogP contribution is -2.13. The van der Waals surface area contributed by atoms with Crippen LogP contribution in [-0.2, 0) is 9.59 Å². The van der Waals surface area contributed by atoms with Gasteiger partial charge < -0.3 is 21.1 Å². The van der Waals surface area contributed by atoms with E-state index in [2.05, 4.69) is 15.6 Å². The van der Waals surface area contributed by atoms with Crippen molar-refractivity contribution < 1.29 is 18.7 Å². The van der Waals surface area contributed by atoms with E-state index in [1.54, 1.807) is 7.11 Å². The molecule has 0 radical (unpaired) electrons. The second kappa shape index (κ2) is 11.2. The Labute approximate surface area is 189 Å². The first-order valence-electron chi connectivity index (χ1n) is 10.2. The molecular formula is C23H25FN4O3S. The van der Waals surface area contributed by atoms with Crippen LogP contribution in [0.2, 0.25) is 0 Å². The lowest BCUT2D eigenvalue weighted by Gasteiger charge is -2.08. The normalized spacial score (nSPS) is 10.6. The Bertz CT molecular complexity index is 1070. The van der Waals surface area contributed by atoms with E-state index in [4.69, 9.17) is 10.5 Å². The zero-order valence-corrected chi connectivity index (χ0v) is 18.5. The van der Waals surface area contributed by atoms with E-state index in [1.807, 2.05) is 29.6 Å². The number of nitrogens with one attached hydrogen (secondary N) is 2. The van der Waals surface area contributed by atoms with E-state index in [0.717, 1.165) is 17.0 Å². The van der Waals surface area contributed by atoms with Crippen molar-refractivity contribution in [1.29, 1.82) is 0 Å². The number of nitrogen functional groups attached to an aromatic ring is 1. The number of rotatable bonds is 10. The molecule has 0 spiro atoms. The predicted octanol–water partition coefficient (Wildman–Crippen LogP) is 5.07. The molecule has 0 aliphatic rings. The third-order valence-corrected chi connectivity index (χ3v) is 5.49. The number of carbonyl (C=O) groups is 2. The molecule has 3 rings (SSSR count). The highest BCUT2D eigenvalue weighted by Gasteiger charge is 2.10. The SMILES string of the molecule is COc1ccc(-c2csc(NC(=O)CCCCCC(=O)Nc3cc(F)ccc3N)n2)cc1. The molecule has 0 unspecified atom stereocenters. The van der Waals surface area contributed by atoms with Gasteiger partial charge in [-0.15, -0.1) is 11.3 Å². The van der Waals surface area contributed by atoms with E-state index >= 15 is 0 Å². The number of anilines is 3. The van der Waals surface area contributed by atoms with Gasteiger partial charge in [-0.05, 0) is 55.3 Å². The van der Waals surface area contributed by atoms with Crippen LogP contribution in [0.3, 0.4) is 0 Å². The topological polar surface area (TPSA) is 106 Å². The Hall–Kier alpha value is -3.46. The summed E-state index contributed by atoms with van der Waals surface area (Å²) in [5.74, 6) is -0.0387. The van der Waals surface area contributed by atoms with Gasteiger partial charge in [0.2, 0.25) is 11.8 Å². The minimum absolute atomic E-state index is 0.113. The molecule has 1 aromatic heterocycles. The smallest absolute Gasteiger partial charge is 0.226 e. The fourth-order valence-electron chi connectivity index (χ4n) is 3.00. The number of nitrogens with two attached hydrogens (primary N) is 1. The van der Waals surface area contributed by atoms with Gasteiger partial charge >= 0.3 is 0 Å². The highest BCUT2D eigenvalue weighted by atomic mass is 32.1. The van der Waals surface area contributed by atoms with Crippen molar-refractivity contribution in [1.82, 2.24) is 4.98 Å². The Morgan fingerprint density at radius 2 is 1.72 bits per heavy atom. The van der Waals surface area contributed by atoms with Gasteiger partial charge in [0.05, 0.1) is 24.2 Å². The summed E-state index contributed by atoms with van der Waals surface area (Å²) in [6, 6.07) is 11.4. The van der Waals surface area contributed by atoms with E-state index < -0.39 is 5.82 Å². The zero-order chi connectivity index (χ0) is 22.9. The fraction of sp³-hybridized carbons (Fsp3) is 0.261. The van der Waals surface area contributed by atoms with Gasteiger partial charge in [0, 0.05) is 23.8 Å². The highest BCUT2D eigenvalue weighted by Crippen LogP contribution is 2.26. The molecule has 0 saturated carbocycles. The van der Waals surface area contributed by atoms with Gasteiger partial charge in [-0.25, -0.2) is 9.37 Å². The fourth-order valence-corrected chi connectivity index (χ4v) is 3.74. The zero-order valence-electron chi connectivity index (χ0n) is 17.7. The summed E-state index contributed by atoms with van der Waals surface area (Å²) in [5, 5.41) is 7.86. The number of hydrogen-bond donors (Lipinski definition) is 3. The van der Waals surface area contributed by atoms with Crippen LogP contribution < -0.4 is 21.1 Å². The first kappa shape index (κ1) is 23.2. The first-order valence-corrected chi connectivity index (χ1v) is 11.1. The standard InChI is InChI=1S/C23H25FN4O3S/c1-31-17-10-7-15(8-11-17)20-14-32-23(27-20)28-22(30)6-4-2-3-5-21(29)26-19-13-16(24)9-12-18(19)25/h7-14H,2-6,25H2,1H3,(H,26,29)(H,27,28,30). The summed E-state index contributed by atoms with van der Waals surface area (Å²) in [5.41, 5.74) is 8.04. The van der Waals surface area contributed by atoms with Crippen LogP contribution in [0.15, 0.2) is 47.8 Å². The Kier molecular flexibility index (Phi) is 8.15. The van der Waals surface area contributed by atoms with E-state index in [-0.39, 0.29) is 23.9 Å². The molecule has 0 bridgehead atoms. The minimum Gasteiger partial charge on any atom is -0.497 e. The van der Waals surface area contributed by atoms with Crippen molar-refractivity contribution in [2.75, 3.05) is 23.5 Å². The van der Waals surface area contributed by atoms with Crippen LogP contribution in [0.5, 0.6) is 5.75 Å². The highest BCUT2D eigenvalue weighted by molar-refractivity contribution is 7.14. The van der Waals surface area contributed by atoms with Crippen LogP contribution in [0, 0.1) is 5.82 Å². The van der Waals surface area contributed by atoms with Crippen LogP contribution in [0.4, 0.5) is 20.9 Å². The Morgan fingerprint density at radius 3 is 2.41 bits per heavy atom. The molecule has 0 saturated heterocycles. The van der Waals surface area contributed by atoms with Crippen molar-refractivity contribution in [3.05, 3.63) is 53.7 Å². The Balaban J connectivity index is 1.35. The molecule has 0 atom stereocenters. The summed E-state index contributed by atoms with van der Waals surface area (Å²) < 4.78 is 18.4. The average molecular weight is 457 g/mol. The molecule has 9 heteroatoms. The molecule has 1 heterocycles. The number of aromatic nitrogens is 1. The van der Waals surface area contributed by atoms with Crippen molar-refractivity contribution in [3.63, 3.8) is 0 Å². The van der Waals surface area contributed by atoms with Crippen molar-refractivity contribution in [2.45, 2.75) is 32.1 Å². The summed E-state index contributed by atoms with van der Waals surface area (Å²) in [6.07, 6.45) is 2.60. The molecule has 0 fully saturated rings. The quantitative estimate of drug-likeness (QED) is 0.292. The minimum atomic E-state index is -0.461. The third kappa shape index (κ3) is 6.78. The van der Waals surface area contributed by atoms with Gasteiger partial charge in [-0.3, -0.25) is 9.59 Å². The number of carbonyl (C=O) groups excluding carboxylic acids is 2. The number of methoxy groups -OCH3 is 1. The van der Waals surface area contributed by atoms with Crippen LogP contribution in [0.1, 0.15) is 32.1 Å². The lowest BCUT2D eigenvalue weighted by molar-refractivity contribution is -0.116. The number of hydrogen-bond acceptors (Lipinski definition) is 6. The van der Waals surface area contributed by atoms with Crippen LogP contribution >= 0.6 is 11.3 Å². The second-order valence-electron chi connectivity index (χ2n) is 7.15. The molecule has 7 nitrogen and oxygen atoms in total. The third-order valence-electron chi connectivity index (χ3n) is 4.73. The molecule has 4 N–H and O–H groups in total. The second-order valence-corrected chi connectivity index (χ2v) is 8.01. The number of thiazole rings is 1. The molecular weight excluding hydrogens is 431 g/mol. The average Bonchev–Trinajstić information content (AvgIpc) is 3.24. The molecule has 3 aromatic rings. The number of halogens is 1. The maximum atomic E-state index is 13.2. The number of unbranched alkanes of at least 4 members (excludes halogenated alkanes) is 2. The molecule has 32 heavy (non-hydrogen) atoms. The molecule has 0 aliphatic heterocycles. The molecule has 2 amide bonds. The maximum absolute atomic E-state index is 13.2. The van der Waals surface area contributed by atoms with Crippen molar-refractivity contribution in [3.8, 4) is 17.0 Å². The lowest BCUT2D eigenvalue weighted by atomic mass is 10.1. The van der Waals surface area contributed by atoms with Gasteiger partial charge in [-0.1, -0.05) is 6.42 Å². The predicted molar refractivity (Wildman–Crippen MR) is 125 cm³/mol. The maximum Gasteiger partial charge on any atom is 0.226 e. The van der Waals surface area contributed by atoms with E-state index in [9.17, 15) is 14.0 Å². The van der Waals surface area contributed by atoms with Gasteiger partial charge in [-0.2, -0.15) is 0 Å². The Morgan fingerprint density at radius 1 is 1.03 bits per heavy atom. The largest absolute Gasteiger partial charge is 0.497 e. The summed E-state index contributed by atoms with van der Waals surface area (Å²) in [7, 11) is 1.61. The number of ether oxygens (including phenoxy) is 1. The van der Waals surface area contributed by atoms with Gasteiger partial charge in [0.25, 0.3) is 0 Å². The van der Waals surface area contributed by atoms with E-state index in [0.29, 0.717) is 36.5 Å². The number of amides is 2. The first-order chi connectivity index (χ1) is 15.4.